The molecule has 0 saturated heterocycles. The largest absolute Gasteiger partial charge is 0.497 e. The van der Waals surface area contributed by atoms with Crippen molar-refractivity contribution in [2.75, 3.05) is 20.3 Å². The Morgan fingerprint density at radius 1 is 1.07 bits per heavy atom. The van der Waals surface area contributed by atoms with Gasteiger partial charge in [-0.1, -0.05) is 26.0 Å². The Balaban J connectivity index is 2.70. The minimum absolute atomic E-state index is 0.0448. The van der Waals surface area contributed by atoms with Crippen molar-refractivity contribution in [1.82, 2.24) is 10.2 Å². The molecule has 0 aliphatic heterocycles. The predicted octanol–water partition coefficient (Wildman–Crippen LogP) is 3.00. The molecule has 0 unspecified atom stereocenters. The van der Waals surface area contributed by atoms with E-state index in [9.17, 15) is 9.59 Å². The standard InChI is InChI=1S/C21H34N2O4/c1-15(2)21(25)23(14-18-8-10-19(26-6)11-9-18)17(5)20(24)22-12-7-13-27-16(3)4/h8-11,15-17H,7,12-14H2,1-6H3,(H,22,24)/t17-/m0/s1. The zero-order valence-corrected chi connectivity index (χ0v) is 17.5. The summed E-state index contributed by atoms with van der Waals surface area (Å²) in [6, 6.07) is 6.98. The third-order valence-corrected chi connectivity index (χ3v) is 4.21. The maximum absolute atomic E-state index is 12.7. The smallest absolute Gasteiger partial charge is 0.242 e. The summed E-state index contributed by atoms with van der Waals surface area (Å²) in [7, 11) is 1.61. The summed E-state index contributed by atoms with van der Waals surface area (Å²) in [6.07, 6.45) is 0.927. The van der Waals surface area contributed by atoms with Gasteiger partial charge in [-0.15, -0.1) is 0 Å². The fourth-order valence-electron chi connectivity index (χ4n) is 2.56. The van der Waals surface area contributed by atoms with Crippen molar-refractivity contribution in [2.45, 2.75) is 59.7 Å². The fraction of sp³-hybridized carbons (Fsp3) is 0.619. The van der Waals surface area contributed by atoms with Crippen molar-refractivity contribution in [1.29, 1.82) is 0 Å². The van der Waals surface area contributed by atoms with Crippen LogP contribution in [-0.2, 0) is 20.9 Å². The molecule has 1 aromatic carbocycles. The molecule has 0 bridgehead atoms. The van der Waals surface area contributed by atoms with E-state index >= 15 is 0 Å². The number of methoxy groups -OCH3 is 1. The number of nitrogens with one attached hydrogen (secondary N) is 1. The van der Waals surface area contributed by atoms with Gasteiger partial charge in [0.2, 0.25) is 11.8 Å². The lowest BCUT2D eigenvalue weighted by molar-refractivity contribution is -0.143. The van der Waals surface area contributed by atoms with Crippen molar-refractivity contribution in [3.8, 4) is 5.75 Å². The molecule has 1 rings (SSSR count). The van der Waals surface area contributed by atoms with Crippen molar-refractivity contribution in [3.05, 3.63) is 29.8 Å². The molecule has 27 heavy (non-hydrogen) atoms. The van der Waals surface area contributed by atoms with Crippen molar-refractivity contribution >= 4 is 11.8 Å². The number of benzene rings is 1. The lowest BCUT2D eigenvalue weighted by Crippen LogP contribution is -2.49. The summed E-state index contributed by atoms with van der Waals surface area (Å²) in [5.41, 5.74) is 0.954. The molecule has 1 N–H and O–H groups in total. The Morgan fingerprint density at radius 2 is 1.70 bits per heavy atom. The first-order valence-corrected chi connectivity index (χ1v) is 9.59. The van der Waals surface area contributed by atoms with Gasteiger partial charge in [-0.05, 0) is 44.9 Å². The van der Waals surface area contributed by atoms with Crippen LogP contribution in [0.4, 0.5) is 0 Å². The Labute approximate surface area is 163 Å². The van der Waals surface area contributed by atoms with Crippen LogP contribution in [0.1, 0.15) is 46.6 Å². The molecule has 6 nitrogen and oxygen atoms in total. The van der Waals surface area contributed by atoms with E-state index < -0.39 is 6.04 Å². The topological polar surface area (TPSA) is 67.9 Å². The van der Waals surface area contributed by atoms with Gasteiger partial charge in [0.15, 0.2) is 0 Å². The fourth-order valence-corrected chi connectivity index (χ4v) is 2.56. The van der Waals surface area contributed by atoms with Crippen LogP contribution in [0.15, 0.2) is 24.3 Å². The lowest BCUT2D eigenvalue weighted by atomic mass is 10.1. The van der Waals surface area contributed by atoms with E-state index in [-0.39, 0.29) is 23.8 Å². The Morgan fingerprint density at radius 3 is 2.22 bits per heavy atom. The third-order valence-electron chi connectivity index (χ3n) is 4.21. The van der Waals surface area contributed by atoms with Gasteiger partial charge in [0.05, 0.1) is 13.2 Å². The van der Waals surface area contributed by atoms with Crippen LogP contribution in [0.25, 0.3) is 0 Å². The van der Waals surface area contributed by atoms with Crippen LogP contribution in [0.2, 0.25) is 0 Å². The second-order valence-corrected chi connectivity index (χ2v) is 7.21. The first-order chi connectivity index (χ1) is 12.8. The highest BCUT2D eigenvalue weighted by Crippen LogP contribution is 2.16. The molecule has 0 aliphatic carbocycles. The molecular formula is C21H34N2O4. The molecule has 0 fully saturated rings. The maximum Gasteiger partial charge on any atom is 0.242 e. The van der Waals surface area contributed by atoms with E-state index in [0.717, 1.165) is 17.7 Å². The number of carbonyl (C=O) groups excluding carboxylic acids is 2. The molecular weight excluding hydrogens is 344 g/mol. The van der Waals surface area contributed by atoms with Gasteiger partial charge in [-0.3, -0.25) is 9.59 Å². The molecule has 1 aromatic rings. The van der Waals surface area contributed by atoms with Crippen LogP contribution >= 0.6 is 0 Å². The van der Waals surface area contributed by atoms with Crippen LogP contribution in [0, 0.1) is 5.92 Å². The van der Waals surface area contributed by atoms with E-state index in [4.69, 9.17) is 9.47 Å². The number of hydrogen-bond acceptors (Lipinski definition) is 4. The summed E-state index contributed by atoms with van der Waals surface area (Å²) >= 11 is 0. The van der Waals surface area contributed by atoms with Crippen molar-refractivity contribution in [2.24, 2.45) is 5.92 Å². The van der Waals surface area contributed by atoms with Gasteiger partial charge in [-0.2, -0.15) is 0 Å². The highest BCUT2D eigenvalue weighted by molar-refractivity contribution is 5.88. The number of ether oxygens (including phenoxy) is 2. The molecule has 0 radical (unpaired) electrons. The normalized spacial score (nSPS) is 12.1. The quantitative estimate of drug-likeness (QED) is 0.601. The monoisotopic (exact) mass is 378 g/mol. The summed E-state index contributed by atoms with van der Waals surface area (Å²) in [6.45, 7) is 10.9. The van der Waals surface area contributed by atoms with Crippen molar-refractivity contribution in [3.63, 3.8) is 0 Å². The highest BCUT2D eigenvalue weighted by Gasteiger charge is 2.27. The van der Waals surface area contributed by atoms with Gasteiger partial charge in [0, 0.05) is 25.6 Å². The average Bonchev–Trinajstić information content (AvgIpc) is 2.64. The number of hydrogen-bond donors (Lipinski definition) is 1. The SMILES string of the molecule is COc1ccc(CN(C(=O)C(C)C)[C@@H](C)C(=O)NCCCOC(C)C)cc1. The second-order valence-electron chi connectivity index (χ2n) is 7.21. The van der Waals surface area contributed by atoms with Crippen LogP contribution in [-0.4, -0.2) is 49.1 Å². The first kappa shape index (κ1) is 23.0. The maximum atomic E-state index is 12.7. The van der Waals surface area contributed by atoms with Gasteiger partial charge >= 0.3 is 0 Å². The number of amides is 2. The van der Waals surface area contributed by atoms with E-state index in [1.807, 2.05) is 52.0 Å². The van der Waals surface area contributed by atoms with E-state index in [1.165, 1.54) is 0 Å². The zero-order valence-electron chi connectivity index (χ0n) is 17.5. The summed E-state index contributed by atoms with van der Waals surface area (Å²) in [4.78, 5) is 26.8. The Kier molecular flexibility index (Phi) is 9.86. The summed E-state index contributed by atoms with van der Waals surface area (Å²) < 4.78 is 10.6. The first-order valence-electron chi connectivity index (χ1n) is 9.59. The van der Waals surface area contributed by atoms with Crippen LogP contribution in [0.3, 0.4) is 0 Å². The Hall–Kier alpha value is -2.08. The summed E-state index contributed by atoms with van der Waals surface area (Å²) in [5.74, 6) is 0.381. The zero-order chi connectivity index (χ0) is 20.4. The van der Waals surface area contributed by atoms with Gasteiger partial charge in [0.25, 0.3) is 0 Å². The number of nitrogens with zero attached hydrogens (tertiary/aromatic N) is 1. The van der Waals surface area contributed by atoms with Gasteiger partial charge < -0.3 is 19.7 Å². The second kappa shape index (κ2) is 11.6. The third kappa shape index (κ3) is 7.99. The molecule has 0 spiro atoms. The van der Waals surface area contributed by atoms with E-state index in [0.29, 0.717) is 19.7 Å². The minimum Gasteiger partial charge on any atom is -0.497 e. The average molecular weight is 379 g/mol. The van der Waals surface area contributed by atoms with Crippen LogP contribution in [0.5, 0.6) is 5.75 Å². The number of rotatable bonds is 11. The molecule has 0 aromatic heterocycles. The van der Waals surface area contributed by atoms with Crippen molar-refractivity contribution < 1.29 is 19.1 Å². The molecule has 6 heteroatoms. The van der Waals surface area contributed by atoms with Gasteiger partial charge in [-0.25, -0.2) is 0 Å². The highest BCUT2D eigenvalue weighted by atomic mass is 16.5. The Bertz CT molecular complexity index is 584. The van der Waals surface area contributed by atoms with E-state index in [1.54, 1.807) is 18.9 Å². The molecule has 0 aliphatic rings. The predicted molar refractivity (Wildman–Crippen MR) is 107 cm³/mol. The molecule has 152 valence electrons. The van der Waals surface area contributed by atoms with Gasteiger partial charge in [0.1, 0.15) is 11.8 Å². The van der Waals surface area contributed by atoms with Crippen LogP contribution < -0.4 is 10.1 Å². The molecule has 0 saturated carbocycles. The number of carbonyl (C=O) groups is 2. The lowest BCUT2D eigenvalue weighted by Gasteiger charge is -2.30. The van der Waals surface area contributed by atoms with E-state index in [2.05, 4.69) is 5.32 Å². The summed E-state index contributed by atoms with van der Waals surface area (Å²) in [5, 5.41) is 2.90. The molecule has 0 heterocycles. The molecule has 2 amide bonds. The minimum atomic E-state index is -0.548. The molecule has 1 atom stereocenters.